The third-order valence-corrected chi connectivity index (χ3v) is 9.87. The molecule has 2 fully saturated rings. The van der Waals surface area contributed by atoms with Crippen LogP contribution in [0.2, 0.25) is 0 Å². The minimum atomic E-state index is -0.286. The van der Waals surface area contributed by atoms with Gasteiger partial charge in [-0.2, -0.15) is 15.0 Å². The predicted octanol–water partition coefficient (Wildman–Crippen LogP) is 4.62. The molecule has 2 aliphatic heterocycles. The third kappa shape index (κ3) is 12.9. The van der Waals surface area contributed by atoms with E-state index >= 15 is 0 Å². The van der Waals surface area contributed by atoms with Crippen LogP contribution < -0.4 is 42.5 Å². The van der Waals surface area contributed by atoms with Crippen LogP contribution in [0.3, 0.4) is 0 Å². The summed E-state index contributed by atoms with van der Waals surface area (Å²) in [5, 5.41) is 14.8. The molecule has 8 N–H and O–H groups in total. The summed E-state index contributed by atoms with van der Waals surface area (Å²) in [4.78, 5) is 20.9. The van der Waals surface area contributed by atoms with E-state index in [1.165, 1.54) is 0 Å². The molecular weight excluding hydrogens is 598 g/mol. The highest BCUT2D eigenvalue weighted by Gasteiger charge is 2.43. The fraction of sp³-hybridized carbons (Fsp3) is 0.919. The topological polar surface area (TPSA) is 145 Å². The number of hydrogen-bond donors (Lipinski definition) is 6. The van der Waals surface area contributed by atoms with Crippen molar-refractivity contribution in [3.05, 3.63) is 5.82 Å². The van der Waals surface area contributed by atoms with Crippen molar-refractivity contribution in [2.45, 2.75) is 174 Å². The molecule has 0 amide bonds. The number of rotatable bonds is 20. The van der Waals surface area contributed by atoms with Crippen molar-refractivity contribution in [1.29, 1.82) is 0 Å². The largest absolute Gasteiger partial charge is 0.338 e. The molecule has 2 saturated heterocycles. The van der Waals surface area contributed by atoms with Gasteiger partial charge in [-0.05, 0) is 126 Å². The minimum absolute atomic E-state index is 0.0102. The first-order valence-corrected chi connectivity index (χ1v) is 19.3. The molecule has 1 atom stereocenters. The summed E-state index contributed by atoms with van der Waals surface area (Å²) in [6.07, 6.45) is 10.3. The SMILES string of the molecule is CCCCN(c1nc(C(N)CCNCCNCCCN)nc(N(CCCC)C2CC(C)(C)NC(C)(C)C2)n1)C1CC(C)(C)NC(C)(C)C1. The van der Waals surface area contributed by atoms with Crippen LogP contribution in [-0.2, 0) is 0 Å². The number of hydrogen-bond acceptors (Lipinski definition) is 11. The zero-order valence-electron chi connectivity index (χ0n) is 32.6. The van der Waals surface area contributed by atoms with Crippen LogP contribution in [0, 0.1) is 0 Å². The first-order valence-electron chi connectivity index (χ1n) is 19.3. The Bertz CT molecular complexity index is 989. The lowest BCUT2D eigenvalue weighted by atomic mass is 9.79. The molecule has 11 heteroatoms. The molecule has 0 aromatic carbocycles. The summed E-state index contributed by atoms with van der Waals surface area (Å²) in [5.74, 6) is 2.30. The fourth-order valence-electron chi connectivity index (χ4n) is 8.36. The molecule has 1 aromatic heterocycles. The maximum Gasteiger partial charge on any atom is 0.230 e. The number of unbranched alkanes of at least 4 members (excludes halogenated alkanes) is 2. The predicted molar refractivity (Wildman–Crippen MR) is 204 cm³/mol. The molecule has 11 nitrogen and oxygen atoms in total. The summed E-state index contributed by atoms with van der Waals surface area (Å²) in [6, 6.07) is 0.346. The second-order valence-electron chi connectivity index (χ2n) is 17.3. The second kappa shape index (κ2) is 18.0. The number of aromatic nitrogens is 3. The van der Waals surface area contributed by atoms with E-state index in [1.807, 2.05) is 0 Å². The van der Waals surface area contributed by atoms with E-state index in [9.17, 15) is 0 Å². The molecule has 3 rings (SSSR count). The lowest BCUT2D eigenvalue weighted by Crippen LogP contribution is -2.63. The molecule has 0 saturated carbocycles. The van der Waals surface area contributed by atoms with Crippen LogP contribution in [0.4, 0.5) is 11.9 Å². The van der Waals surface area contributed by atoms with Gasteiger partial charge in [0, 0.05) is 60.4 Å². The van der Waals surface area contributed by atoms with Crippen molar-refractivity contribution in [1.82, 2.24) is 36.2 Å². The zero-order valence-corrected chi connectivity index (χ0v) is 32.6. The number of nitrogens with one attached hydrogen (secondary N) is 4. The van der Waals surface area contributed by atoms with Crippen molar-refractivity contribution in [2.75, 3.05) is 55.6 Å². The van der Waals surface area contributed by atoms with Gasteiger partial charge in [-0.25, -0.2) is 0 Å². The Morgan fingerprint density at radius 2 is 1.08 bits per heavy atom. The standard InChI is InChI=1S/C37H75N11/c1-11-13-22-47(28-24-34(3,4)45-35(5,6)25-28)32-42-31(30(39)16-19-41-21-20-40-18-15-17-38)43-33(44-32)48(23-14-12-2)29-26-36(7,8)46-37(9,10)27-29/h28-30,40-41,45-46H,11-27,38-39H2,1-10H3. The Balaban J connectivity index is 2.02. The van der Waals surface area contributed by atoms with Gasteiger partial charge in [0.25, 0.3) is 0 Å². The highest BCUT2D eigenvalue weighted by atomic mass is 15.4. The van der Waals surface area contributed by atoms with Gasteiger partial charge in [0.05, 0.1) is 6.04 Å². The summed E-state index contributed by atoms with van der Waals surface area (Å²) in [6.45, 7) is 29.3. The van der Waals surface area contributed by atoms with Crippen molar-refractivity contribution in [3.8, 4) is 0 Å². The van der Waals surface area contributed by atoms with Crippen LogP contribution in [0.15, 0.2) is 0 Å². The number of nitrogens with two attached hydrogens (primary N) is 2. The van der Waals surface area contributed by atoms with Gasteiger partial charge in [0.2, 0.25) is 11.9 Å². The van der Waals surface area contributed by atoms with Gasteiger partial charge in [0.1, 0.15) is 0 Å². The number of piperidine rings is 2. The Morgan fingerprint density at radius 1 is 0.667 bits per heavy atom. The van der Waals surface area contributed by atoms with Crippen LogP contribution in [0.25, 0.3) is 0 Å². The van der Waals surface area contributed by atoms with Crippen molar-refractivity contribution < 1.29 is 0 Å². The highest BCUT2D eigenvalue weighted by Crippen LogP contribution is 2.36. The quantitative estimate of drug-likeness (QED) is 0.108. The minimum Gasteiger partial charge on any atom is -0.338 e. The molecule has 1 aromatic rings. The Hall–Kier alpha value is -1.63. The molecule has 0 bridgehead atoms. The van der Waals surface area contributed by atoms with E-state index < -0.39 is 0 Å². The summed E-state index contributed by atoms with van der Waals surface area (Å²) < 4.78 is 0. The van der Waals surface area contributed by atoms with E-state index in [-0.39, 0.29) is 28.2 Å². The molecule has 0 spiro atoms. The summed E-state index contributed by atoms with van der Waals surface area (Å²) in [7, 11) is 0. The van der Waals surface area contributed by atoms with E-state index in [4.69, 9.17) is 26.4 Å². The van der Waals surface area contributed by atoms with Gasteiger partial charge >= 0.3 is 0 Å². The van der Waals surface area contributed by atoms with Gasteiger partial charge in [-0.15, -0.1) is 0 Å². The molecule has 48 heavy (non-hydrogen) atoms. The van der Waals surface area contributed by atoms with Crippen LogP contribution in [0.5, 0.6) is 0 Å². The Labute approximate surface area is 294 Å². The number of nitrogens with zero attached hydrogens (tertiary/aromatic N) is 5. The maximum absolute atomic E-state index is 6.96. The first-order chi connectivity index (χ1) is 22.5. The van der Waals surface area contributed by atoms with E-state index in [1.54, 1.807) is 0 Å². The molecule has 278 valence electrons. The Morgan fingerprint density at radius 3 is 1.48 bits per heavy atom. The molecule has 3 heterocycles. The molecular formula is C37H75N11. The van der Waals surface area contributed by atoms with E-state index in [0.29, 0.717) is 17.9 Å². The average Bonchev–Trinajstić information content (AvgIpc) is 2.95. The van der Waals surface area contributed by atoms with Crippen molar-refractivity contribution in [3.63, 3.8) is 0 Å². The molecule has 2 aliphatic rings. The van der Waals surface area contributed by atoms with Gasteiger partial charge in [-0.3, -0.25) is 0 Å². The van der Waals surface area contributed by atoms with Gasteiger partial charge in [-0.1, -0.05) is 26.7 Å². The van der Waals surface area contributed by atoms with Crippen molar-refractivity contribution in [2.24, 2.45) is 11.5 Å². The highest BCUT2D eigenvalue weighted by molar-refractivity contribution is 5.42. The maximum atomic E-state index is 6.96. The first kappa shape index (κ1) is 40.8. The van der Waals surface area contributed by atoms with Crippen molar-refractivity contribution >= 4 is 11.9 Å². The smallest absolute Gasteiger partial charge is 0.230 e. The van der Waals surface area contributed by atoms with E-state index in [0.717, 1.165) is 122 Å². The molecule has 1 unspecified atom stereocenters. The van der Waals surface area contributed by atoms with Crippen LogP contribution in [-0.4, -0.2) is 95.0 Å². The van der Waals surface area contributed by atoms with E-state index in [2.05, 4.69) is 100 Å². The van der Waals surface area contributed by atoms with Gasteiger partial charge in [0.15, 0.2) is 5.82 Å². The monoisotopic (exact) mass is 674 g/mol. The number of anilines is 2. The van der Waals surface area contributed by atoms with Crippen LogP contribution >= 0.6 is 0 Å². The van der Waals surface area contributed by atoms with Crippen LogP contribution in [0.1, 0.15) is 145 Å². The normalized spacial score (nSPS) is 21.2. The lowest BCUT2D eigenvalue weighted by molar-refractivity contribution is 0.157. The molecule has 0 radical (unpaired) electrons. The van der Waals surface area contributed by atoms with Gasteiger partial charge < -0.3 is 42.5 Å². The fourth-order valence-corrected chi connectivity index (χ4v) is 8.36. The summed E-state index contributed by atoms with van der Waals surface area (Å²) in [5.41, 5.74) is 12.6. The molecule has 0 aliphatic carbocycles. The third-order valence-electron chi connectivity index (χ3n) is 9.87. The lowest BCUT2D eigenvalue weighted by Gasteiger charge is -2.50. The zero-order chi connectivity index (χ0) is 35.6. The summed E-state index contributed by atoms with van der Waals surface area (Å²) >= 11 is 0. The second-order valence-corrected chi connectivity index (χ2v) is 17.3. The Kier molecular flexibility index (Phi) is 15.3. The average molecular weight is 674 g/mol.